The summed E-state index contributed by atoms with van der Waals surface area (Å²) >= 11 is 3.45. The molecule has 4 heteroatoms. The van der Waals surface area contributed by atoms with E-state index < -0.39 is 0 Å². The standard InChI is InChI=1S/C16H26BrN3/c1-3-5-14-11-20(16(6-4-2)10-19-14)12-15-8-7-13(17)9-18-15/h7-9,14,16,19H,3-6,10-12H2,1-2H3. The summed E-state index contributed by atoms with van der Waals surface area (Å²) in [6.45, 7) is 7.78. The number of hydrogen-bond acceptors (Lipinski definition) is 3. The molecule has 2 heterocycles. The molecule has 0 aliphatic carbocycles. The van der Waals surface area contributed by atoms with Crippen molar-refractivity contribution in [1.82, 2.24) is 15.2 Å². The molecule has 1 saturated heterocycles. The van der Waals surface area contributed by atoms with E-state index in [9.17, 15) is 0 Å². The second-order valence-electron chi connectivity index (χ2n) is 5.73. The van der Waals surface area contributed by atoms with Crippen LogP contribution in [0.25, 0.3) is 0 Å². The summed E-state index contributed by atoms with van der Waals surface area (Å²) in [6.07, 6.45) is 6.93. The molecule has 0 radical (unpaired) electrons. The summed E-state index contributed by atoms with van der Waals surface area (Å²) < 4.78 is 1.05. The maximum Gasteiger partial charge on any atom is 0.0544 e. The smallest absolute Gasteiger partial charge is 0.0544 e. The van der Waals surface area contributed by atoms with Crippen molar-refractivity contribution in [2.24, 2.45) is 0 Å². The van der Waals surface area contributed by atoms with Crippen LogP contribution in [0.4, 0.5) is 0 Å². The molecule has 112 valence electrons. The van der Waals surface area contributed by atoms with Gasteiger partial charge in [0.15, 0.2) is 0 Å². The van der Waals surface area contributed by atoms with Gasteiger partial charge >= 0.3 is 0 Å². The summed E-state index contributed by atoms with van der Waals surface area (Å²) in [6, 6.07) is 5.51. The lowest BCUT2D eigenvalue weighted by molar-refractivity contribution is 0.110. The van der Waals surface area contributed by atoms with Crippen LogP contribution in [0.15, 0.2) is 22.8 Å². The van der Waals surface area contributed by atoms with Crippen LogP contribution in [-0.4, -0.2) is 35.1 Å². The monoisotopic (exact) mass is 339 g/mol. The first-order valence-corrected chi connectivity index (χ1v) is 8.60. The van der Waals surface area contributed by atoms with Gasteiger partial charge < -0.3 is 5.32 Å². The lowest BCUT2D eigenvalue weighted by atomic mass is 10.0. The number of nitrogens with one attached hydrogen (secondary N) is 1. The lowest BCUT2D eigenvalue weighted by Gasteiger charge is -2.40. The molecule has 1 fully saturated rings. The predicted molar refractivity (Wildman–Crippen MR) is 87.7 cm³/mol. The van der Waals surface area contributed by atoms with Crippen LogP contribution in [0.1, 0.15) is 45.2 Å². The molecule has 1 aromatic heterocycles. The van der Waals surface area contributed by atoms with E-state index in [1.165, 1.54) is 31.4 Å². The minimum Gasteiger partial charge on any atom is -0.311 e. The van der Waals surface area contributed by atoms with Gasteiger partial charge in [0.05, 0.1) is 5.69 Å². The number of hydrogen-bond donors (Lipinski definition) is 1. The minimum atomic E-state index is 0.642. The molecule has 1 N–H and O–H groups in total. The Balaban J connectivity index is 2.00. The minimum absolute atomic E-state index is 0.642. The fourth-order valence-corrected chi connectivity index (χ4v) is 3.22. The average Bonchev–Trinajstić information content (AvgIpc) is 2.45. The molecule has 2 atom stereocenters. The second-order valence-corrected chi connectivity index (χ2v) is 6.65. The van der Waals surface area contributed by atoms with Crippen LogP contribution in [0.5, 0.6) is 0 Å². The number of piperazine rings is 1. The van der Waals surface area contributed by atoms with Crippen LogP contribution >= 0.6 is 15.9 Å². The van der Waals surface area contributed by atoms with Gasteiger partial charge in [0.1, 0.15) is 0 Å². The fraction of sp³-hybridized carbons (Fsp3) is 0.688. The van der Waals surface area contributed by atoms with E-state index in [2.05, 4.69) is 57.1 Å². The van der Waals surface area contributed by atoms with Gasteiger partial charge in [-0.3, -0.25) is 9.88 Å². The van der Waals surface area contributed by atoms with E-state index in [0.717, 1.165) is 24.1 Å². The van der Waals surface area contributed by atoms with Crippen molar-refractivity contribution in [3.63, 3.8) is 0 Å². The largest absolute Gasteiger partial charge is 0.311 e. The van der Waals surface area contributed by atoms with Crippen molar-refractivity contribution in [2.75, 3.05) is 13.1 Å². The topological polar surface area (TPSA) is 28.2 Å². The van der Waals surface area contributed by atoms with E-state index in [1.807, 2.05) is 6.20 Å². The van der Waals surface area contributed by atoms with E-state index in [4.69, 9.17) is 0 Å². The van der Waals surface area contributed by atoms with Crippen molar-refractivity contribution in [1.29, 1.82) is 0 Å². The molecule has 1 aromatic rings. The second kappa shape index (κ2) is 8.11. The average molecular weight is 340 g/mol. The highest BCUT2D eigenvalue weighted by Crippen LogP contribution is 2.18. The molecule has 2 unspecified atom stereocenters. The van der Waals surface area contributed by atoms with Gasteiger partial charge in [-0.05, 0) is 40.9 Å². The Hall–Kier alpha value is -0.450. The molecule has 2 rings (SSSR count). The molecule has 0 spiro atoms. The molecule has 1 aliphatic rings. The summed E-state index contributed by atoms with van der Waals surface area (Å²) in [5.74, 6) is 0. The van der Waals surface area contributed by atoms with Crippen LogP contribution < -0.4 is 5.32 Å². The van der Waals surface area contributed by atoms with Crippen molar-refractivity contribution in [2.45, 2.75) is 58.2 Å². The SMILES string of the molecule is CCCC1CN(Cc2ccc(Br)cn2)C(CCC)CN1. The Morgan fingerprint density at radius 1 is 1.30 bits per heavy atom. The normalized spacial score (nSPS) is 23.9. The first-order valence-electron chi connectivity index (χ1n) is 7.80. The summed E-state index contributed by atoms with van der Waals surface area (Å²) in [5, 5.41) is 3.71. The fourth-order valence-electron chi connectivity index (χ4n) is 2.99. The molecule has 0 amide bonds. The Morgan fingerprint density at radius 3 is 2.75 bits per heavy atom. The van der Waals surface area contributed by atoms with Crippen molar-refractivity contribution in [3.8, 4) is 0 Å². The van der Waals surface area contributed by atoms with Gasteiger partial charge in [0.2, 0.25) is 0 Å². The molecule has 0 bridgehead atoms. The highest BCUT2D eigenvalue weighted by atomic mass is 79.9. The first-order chi connectivity index (χ1) is 9.72. The summed E-state index contributed by atoms with van der Waals surface area (Å²) in [4.78, 5) is 7.15. The number of rotatable bonds is 6. The quantitative estimate of drug-likeness (QED) is 0.858. The molecular formula is C16H26BrN3. The Bertz CT molecular complexity index is 393. The van der Waals surface area contributed by atoms with E-state index in [-0.39, 0.29) is 0 Å². The predicted octanol–water partition coefficient (Wildman–Crippen LogP) is 3.59. The van der Waals surface area contributed by atoms with Gasteiger partial charge in [0.25, 0.3) is 0 Å². The molecule has 3 nitrogen and oxygen atoms in total. The highest BCUT2D eigenvalue weighted by Gasteiger charge is 2.26. The zero-order valence-corrected chi connectivity index (χ0v) is 14.2. The van der Waals surface area contributed by atoms with Crippen LogP contribution in [0.2, 0.25) is 0 Å². The van der Waals surface area contributed by atoms with E-state index >= 15 is 0 Å². The highest BCUT2D eigenvalue weighted by molar-refractivity contribution is 9.10. The first kappa shape index (κ1) is 15.9. The number of halogens is 1. The zero-order valence-electron chi connectivity index (χ0n) is 12.6. The third-order valence-electron chi connectivity index (χ3n) is 4.03. The van der Waals surface area contributed by atoms with E-state index in [1.54, 1.807) is 0 Å². The Labute approximate surface area is 131 Å². The zero-order chi connectivity index (χ0) is 14.4. The third-order valence-corrected chi connectivity index (χ3v) is 4.50. The Morgan fingerprint density at radius 2 is 2.10 bits per heavy atom. The van der Waals surface area contributed by atoms with Gasteiger partial charge in [-0.2, -0.15) is 0 Å². The van der Waals surface area contributed by atoms with Gasteiger partial charge in [-0.15, -0.1) is 0 Å². The van der Waals surface area contributed by atoms with Crippen molar-refractivity contribution < 1.29 is 0 Å². The molecule has 20 heavy (non-hydrogen) atoms. The van der Waals surface area contributed by atoms with Gasteiger partial charge in [-0.25, -0.2) is 0 Å². The number of aromatic nitrogens is 1. The van der Waals surface area contributed by atoms with Crippen molar-refractivity contribution in [3.05, 3.63) is 28.5 Å². The van der Waals surface area contributed by atoms with Gasteiger partial charge in [0, 0.05) is 42.4 Å². The molecule has 1 aliphatic heterocycles. The van der Waals surface area contributed by atoms with Crippen LogP contribution in [0, 0.1) is 0 Å². The molecular weight excluding hydrogens is 314 g/mol. The number of pyridine rings is 1. The van der Waals surface area contributed by atoms with E-state index in [0.29, 0.717) is 12.1 Å². The summed E-state index contributed by atoms with van der Waals surface area (Å²) in [7, 11) is 0. The Kier molecular flexibility index (Phi) is 6.46. The lowest BCUT2D eigenvalue weighted by Crippen LogP contribution is -2.55. The summed E-state index contributed by atoms with van der Waals surface area (Å²) in [5.41, 5.74) is 1.17. The van der Waals surface area contributed by atoms with Crippen LogP contribution in [0.3, 0.4) is 0 Å². The maximum absolute atomic E-state index is 4.53. The molecule has 0 saturated carbocycles. The maximum atomic E-state index is 4.53. The third kappa shape index (κ3) is 4.54. The van der Waals surface area contributed by atoms with Gasteiger partial charge in [-0.1, -0.05) is 26.7 Å². The van der Waals surface area contributed by atoms with Crippen LogP contribution in [-0.2, 0) is 6.54 Å². The molecule has 0 aromatic carbocycles. The van der Waals surface area contributed by atoms with Crippen molar-refractivity contribution >= 4 is 15.9 Å². The number of nitrogens with zero attached hydrogens (tertiary/aromatic N) is 2.